The molecule has 1 fully saturated rings. The summed E-state index contributed by atoms with van der Waals surface area (Å²) in [5.74, 6) is -0.938. The van der Waals surface area contributed by atoms with Gasteiger partial charge in [0, 0.05) is 48.8 Å². The number of fused-ring (bicyclic) bond motifs is 1. The van der Waals surface area contributed by atoms with Crippen LogP contribution in [0.1, 0.15) is 17.2 Å². The van der Waals surface area contributed by atoms with E-state index in [1.165, 1.54) is 4.31 Å². The molecular weight excluding hydrogens is 390 g/mol. The maximum atomic E-state index is 12.8. The Morgan fingerprint density at radius 1 is 1.07 bits per heavy atom. The van der Waals surface area contributed by atoms with E-state index in [-0.39, 0.29) is 18.0 Å². The van der Waals surface area contributed by atoms with Crippen LogP contribution in [0.4, 0.5) is 0 Å². The van der Waals surface area contributed by atoms with E-state index in [9.17, 15) is 18.3 Å². The number of nitrogens with one attached hydrogen (secondary N) is 1. The quantitative estimate of drug-likeness (QED) is 0.671. The molecule has 2 N–H and O–H groups in total. The predicted octanol–water partition coefficient (Wildman–Crippen LogP) is 2.61. The Morgan fingerprint density at radius 3 is 2.41 bits per heavy atom. The minimum Gasteiger partial charge on any atom is -0.480 e. The first kappa shape index (κ1) is 19.6. The monoisotopic (exact) mass is 413 g/mol. The molecule has 8 heteroatoms. The van der Waals surface area contributed by atoms with Crippen LogP contribution in [0.2, 0.25) is 0 Å². The van der Waals surface area contributed by atoms with Gasteiger partial charge in [-0.25, -0.2) is 8.42 Å². The average molecular weight is 413 g/mol. The summed E-state index contributed by atoms with van der Waals surface area (Å²) < 4.78 is 27.1. The Kier molecular flexibility index (Phi) is 5.16. The predicted molar refractivity (Wildman–Crippen MR) is 110 cm³/mol. The number of hydrogen-bond donors (Lipinski definition) is 2. The molecule has 7 nitrogen and oxygen atoms in total. The molecule has 0 bridgehead atoms. The van der Waals surface area contributed by atoms with Crippen molar-refractivity contribution in [2.24, 2.45) is 0 Å². The molecule has 1 aliphatic heterocycles. The zero-order valence-corrected chi connectivity index (χ0v) is 16.9. The number of benzene rings is 2. The molecule has 1 atom stereocenters. The van der Waals surface area contributed by atoms with Gasteiger partial charge in [0.05, 0.1) is 4.90 Å². The third-order valence-electron chi connectivity index (χ3n) is 5.42. The van der Waals surface area contributed by atoms with E-state index in [0.29, 0.717) is 18.7 Å². The van der Waals surface area contributed by atoms with Gasteiger partial charge in [0.2, 0.25) is 10.0 Å². The molecule has 0 saturated carbocycles. The molecule has 0 radical (unpaired) electrons. The summed E-state index contributed by atoms with van der Waals surface area (Å²) in [4.78, 5) is 17.4. The van der Waals surface area contributed by atoms with Crippen LogP contribution in [0, 0.1) is 6.92 Å². The van der Waals surface area contributed by atoms with Crippen LogP contribution in [0.25, 0.3) is 10.9 Å². The lowest BCUT2D eigenvalue weighted by Crippen LogP contribution is -2.50. The van der Waals surface area contributed by atoms with Crippen LogP contribution in [-0.2, 0) is 14.8 Å². The van der Waals surface area contributed by atoms with Crippen molar-refractivity contribution in [3.05, 3.63) is 65.9 Å². The number of carbonyl (C=O) groups is 1. The highest BCUT2D eigenvalue weighted by Gasteiger charge is 2.35. The summed E-state index contributed by atoms with van der Waals surface area (Å²) in [6.45, 7) is 3.17. The molecule has 1 aromatic heterocycles. The molecule has 152 valence electrons. The summed E-state index contributed by atoms with van der Waals surface area (Å²) in [6, 6.07) is 13.4. The zero-order chi connectivity index (χ0) is 20.6. The highest BCUT2D eigenvalue weighted by Crippen LogP contribution is 2.31. The molecule has 0 amide bonds. The number of piperazine rings is 1. The van der Waals surface area contributed by atoms with Gasteiger partial charge in [-0.05, 0) is 31.2 Å². The number of aliphatic carboxylic acids is 1. The average Bonchev–Trinajstić information content (AvgIpc) is 3.12. The van der Waals surface area contributed by atoms with Gasteiger partial charge < -0.3 is 10.1 Å². The van der Waals surface area contributed by atoms with E-state index in [1.807, 2.05) is 30.0 Å². The van der Waals surface area contributed by atoms with Gasteiger partial charge in [0.25, 0.3) is 0 Å². The van der Waals surface area contributed by atoms with Gasteiger partial charge >= 0.3 is 5.97 Å². The molecule has 0 unspecified atom stereocenters. The Balaban J connectivity index is 1.57. The first-order chi connectivity index (χ1) is 13.9. The van der Waals surface area contributed by atoms with E-state index in [0.717, 1.165) is 16.5 Å². The van der Waals surface area contributed by atoms with Gasteiger partial charge in [-0.1, -0.05) is 29.8 Å². The fraction of sp³-hybridized carbons (Fsp3) is 0.286. The Morgan fingerprint density at radius 2 is 1.76 bits per heavy atom. The van der Waals surface area contributed by atoms with Gasteiger partial charge in [-0.15, -0.1) is 0 Å². The molecule has 4 rings (SSSR count). The zero-order valence-electron chi connectivity index (χ0n) is 16.1. The Labute approximate surface area is 169 Å². The molecular formula is C21H23N3O4S. The van der Waals surface area contributed by atoms with E-state index in [4.69, 9.17) is 0 Å². The summed E-state index contributed by atoms with van der Waals surface area (Å²) in [6.07, 6.45) is 1.75. The number of hydrogen-bond acceptors (Lipinski definition) is 4. The molecule has 0 spiro atoms. The molecule has 3 aromatic rings. The fourth-order valence-corrected chi connectivity index (χ4v) is 5.36. The van der Waals surface area contributed by atoms with E-state index < -0.39 is 22.0 Å². The largest absolute Gasteiger partial charge is 0.480 e. The standard InChI is InChI=1S/C21H23N3O4S/c1-15-7-8-19-17(13-15)18(14-22-19)20(21(25)26)23-9-11-24(12-10-23)29(27,28)16-5-3-2-4-6-16/h2-8,13-14,20,22H,9-12H2,1H3,(H,25,26)/t20-/m1/s1. The van der Waals surface area contributed by atoms with E-state index in [2.05, 4.69) is 4.98 Å². The lowest BCUT2D eigenvalue weighted by Gasteiger charge is -2.37. The number of nitrogens with zero attached hydrogens (tertiary/aromatic N) is 2. The third-order valence-corrected chi connectivity index (χ3v) is 7.33. The van der Waals surface area contributed by atoms with Crippen LogP contribution in [0.3, 0.4) is 0 Å². The second kappa shape index (κ2) is 7.62. The number of sulfonamides is 1. The van der Waals surface area contributed by atoms with Gasteiger partial charge in [-0.3, -0.25) is 9.69 Å². The maximum Gasteiger partial charge on any atom is 0.325 e. The lowest BCUT2D eigenvalue weighted by molar-refractivity contribution is -0.144. The molecule has 29 heavy (non-hydrogen) atoms. The number of H-pyrrole nitrogens is 1. The summed E-state index contributed by atoms with van der Waals surface area (Å²) in [5.41, 5.74) is 2.65. The fourth-order valence-electron chi connectivity index (χ4n) is 3.91. The normalized spacial score (nSPS) is 17.4. The van der Waals surface area contributed by atoms with Crippen molar-refractivity contribution in [3.63, 3.8) is 0 Å². The SMILES string of the molecule is Cc1ccc2[nH]cc([C@H](C(=O)O)N3CCN(S(=O)(=O)c4ccccc4)CC3)c2c1. The minimum absolute atomic E-state index is 0.252. The second-order valence-electron chi connectivity index (χ2n) is 7.29. The number of aromatic nitrogens is 1. The van der Waals surface area contributed by atoms with Gasteiger partial charge in [0.15, 0.2) is 0 Å². The summed E-state index contributed by atoms with van der Waals surface area (Å²) in [5, 5.41) is 10.8. The Hall–Kier alpha value is -2.68. The lowest BCUT2D eigenvalue weighted by atomic mass is 10.0. The van der Waals surface area contributed by atoms with Crippen molar-refractivity contribution in [2.75, 3.05) is 26.2 Å². The number of carboxylic acids is 1. The topological polar surface area (TPSA) is 93.7 Å². The number of rotatable bonds is 5. The Bertz CT molecular complexity index is 1130. The van der Waals surface area contributed by atoms with E-state index >= 15 is 0 Å². The van der Waals surface area contributed by atoms with Crippen LogP contribution >= 0.6 is 0 Å². The van der Waals surface area contributed by atoms with Crippen molar-refractivity contribution in [1.29, 1.82) is 0 Å². The second-order valence-corrected chi connectivity index (χ2v) is 9.22. The third kappa shape index (κ3) is 3.66. The molecule has 2 aromatic carbocycles. The van der Waals surface area contributed by atoms with Crippen LogP contribution in [0.15, 0.2) is 59.6 Å². The summed E-state index contributed by atoms with van der Waals surface area (Å²) >= 11 is 0. The summed E-state index contributed by atoms with van der Waals surface area (Å²) in [7, 11) is -3.57. The first-order valence-corrected chi connectivity index (χ1v) is 10.9. The number of carboxylic acid groups (broad SMARTS) is 1. The maximum absolute atomic E-state index is 12.8. The number of aromatic amines is 1. The van der Waals surface area contributed by atoms with Crippen molar-refractivity contribution in [2.45, 2.75) is 17.9 Å². The van der Waals surface area contributed by atoms with Crippen LogP contribution in [-0.4, -0.2) is 59.9 Å². The van der Waals surface area contributed by atoms with E-state index in [1.54, 1.807) is 36.5 Å². The molecule has 0 aliphatic carbocycles. The highest BCUT2D eigenvalue weighted by atomic mass is 32.2. The number of aryl methyl sites for hydroxylation is 1. The smallest absolute Gasteiger partial charge is 0.325 e. The van der Waals surface area contributed by atoms with Crippen molar-refractivity contribution in [1.82, 2.24) is 14.2 Å². The molecule has 2 heterocycles. The van der Waals surface area contributed by atoms with Gasteiger partial charge in [-0.2, -0.15) is 4.31 Å². The van der Waals surface area contributed by atoms with Crippen molar-refractivity contribution < 1.29 is 18.3 Å². The van der Waals surface area contributed by atoms with Crippen LogP contribution < -0.4 is 0 Å². The molecule has 1 aliphatic rings. The van der Waals surface area contributed by atoms with Gasteiger partial charge in [0.1, 0.15) is 6.04 Å². The minimum atomic E-state index is -3.57. The molecule has 1 saturated heterocycles. The highest BCUT2D eigenvalue weighted by molar-refractivity contribution is 7.89. The first-order valence-electron chi connectivity index (χ1n) is 9.47. The van der Waals surface area contributed by atoms with Crippen molar-refractivity contribution >= 4 is 26.9 Å². The van der Waals surface area contributed by atoms with Crippen LogP contribution in [0.5, 0.6) is 0 Å². The van der Waals surface area contributed by atoms with Crippen molar-refractivity contribution in [3.8, 4) is 0 Å².